The second kappa shape index (κ2) is 6.22. The molecular formula is C13H18F2N2O. The molecule has 1 N–H and O–H groups in total. The highest BCUT2D eigenvalue weighted by Crippen LogP contribution is 2.12. The molecule has 0 bridgehead atoms. The molecule has 3 nitrogen and oxygen atoms in total. The molecule has 18 heavy (non-hydrogen) atoms. The van der Waals surface area contributed by atoms with Crippen molar-refractivity contribution >= 4 is 0 Å². The zero-order valence-electron chi connectivity index (χ0n) is 10.3. The van der Waals surface area contributed by atoms with Gasteiger partial charge in [0.2, 0.25) is 0 Å². The summed E-state index contributed by atoms with van der Waals surface area (Å²) in [6.45, 7) is 5.12. The molecule has 0 amide bonds. The lowest BCUT2D eigenvalue weighted by molar-refractivity contribution is 0.108. The number of benzene rings is 1. The Balaban J connectivity index is 1.85. The fraction of sp³-hybridized carbons (Fsp3) is 0.538. The Bertz CT molecular complexity index is 393. The number of aliphatic hydroxyl groups excluding tert-OH is 1. The molecule has 5 heteroatoms. The Morgan fingerprint density at radius 2 is 1.67 bits per heavy atom. The van der Waals surface area contributed by atoms with Crippen LogP contribution in [0.15, 0.2) is 18.2 Å². The van der Waals surface area contributed by atoms with Crippen molar-refractivity contribution in [3.8, 4) is 0 Å². The van der Waals surface area contributed by atoms with Crippen LogP contribution in [0.4, 0.5) is 8.78 Å². The van der Waals surface area contributed by atoms with E-state index in [1.807, 2.05) is 0 Å². The van der Waals surface area contributed by atoms with Crippen molar-refractivity contribution in [1.82, 2.24) is 9.80 Å². The van der Waals surface area contributed by atoms with Gasteiger partial charge in [0.05, 0.1) is 6.61 Å². The molecule has 1 aromatic carbocycles. The molecule has 1 aromatic rings. The summed E-state index contributed by atoms with van der Waals surface area (Å²) in [7, 11) is 0. The second-order valence-corrected chi connectivity index (χ2v) is 4.59. The maximum Gasteiger partial charge on any atom is 0.159 e. The van der Waals surface area contributed by atoms with Crippen LogP contribution in [0.25, 0.3) is 0 Å². The standard InChI is InChI=1S/C13H18F2N2O/c14-12-2-1-11(9-13(12)15)10-17-5-3-16(4-6-17)7-8-18/h1-2,9,18H,3-8,10H2. The van der Waals surface area contributed by atoms with Crippen molar-refractivity contribution in [1.29, 1.82) is 0 Å². The van der Waals surface area contributed by atoms with Crippen molar-refractivity contribution in [2.45, 2.75) is 6.54 Å². The monoisotopic (exact) mass is 256 g/mol. The van der Waals surface area contributed by atoms with Crippen molar-refractivity contribution in [3.05, 3.63) is 35.4 Å². The van der Waals surface area contributed by atoms with E-state index in [0.29, 0.717) is 13.1 Å². The van der Waals surface area contributed by atoms with Gasteiger partial charge in [0, 0.05) is 39.3 Å². The lowest BCUT2D eigenvalue weighted by atomic mass is 10.2. The molecule has 100 valence electrons. The Morgan fingerprint density at radius 1 is 1.00 bits per heavy atom. The first-order valence-electron chi connectivity index (χ1n) is 6.18. The van der Waals surface area contributed by atoms with Crippen LogP contribution in [0, 0.1) is 11.6 Å². The van der Waals surface area contributed by atoms with Gasteiger partial charge in [-0.3, -0.25) is 9.80 Å². The molecule has 1 aliphatic rings. The van der Waals surface area contributed by atoms with Crippen LogP contribution < -0.4 is 0 Å². The summed E-state index contributed by atoms with van der Waals surface area (Å²) in [5.74, 6) is -1.59. The molecule has 1 aliphatic heterocycles. The number of β-amino-alcohol motifs (C(OH)–C–C–N with tert-alkyl or cyclic N) is 1. The number of hydrogen-bond donors (Lipinski definition) is 1. The quantitative estimate of drug-likeness (QED) is 0.873. The lowest BCUT2D eigenvalue weighted by Gasteiger charge is -2.34. The number of halogens is 2. The Kier molecular flexibility index (Phi) is 4.63. The maximum atomic E-state index is 13.1. The smallest absolute Gasteiger partial charge is 0.159 e. The van der Waals surface area contributed by atoms with Gasteiger partial charge >= 0.3 is 0 Å². The number of piperazine rings is 1. The van der Waals surface area contributed by atoms with E-state index in [4.69, 9.17) is 5.11 Å². The van der Waals surface area contributed by atoms with E-state index in [2.05, 4.69) is 9.80 Å². The van der Waals surface area contributed by atoms with E-state index in [1.54, 1.807) is 6.07 Å². The highest BCUT2D eigenvalue weighted by Gasteiger charge is 2.16. The van der Waals surface area contributed by atoms with Crippen LogP contribution >= 0.6 is 0 Å². The fourth-order valence-corrected chi connectivity index (χ4v) is 2.21. The van der Waals surface area contributed by atoms with Gasteiger partial charge in [-0.1, -0.05) is 6.07 Å². The predicted molar refractivity (Wildman–Crippen MR) is 65.2 cm³/mol. The molecule has 0 atom stereocenters. The van der Waals surface area contributed by atoms with E-state index >= 15 is 0 Å². The molecule has 1 heterocycles. The van der Waals surface area contributed by atoms with Gasteiger partial charge in [-0.25, -0.2) is 8.78 Å². The summed E-state index contributed by atoms with van der Waals surface area (Å²) >= 11 is 0. The zero-order valence-corrected chi connectivity index (χ0v) is 10.3. The molecule has 0 aliphatic carbocycles. The number of nitrogens with zero attached hydrogens (tertiary/aromatic N) is 2. The normalized spacial score (nSPS) is 18.2. The van der Waals surface area contributed by atoms with Crippen LogP contribution in [-0.2, 0) is 6.54 Å². The molecule has 1 fully saturated rings. The van der Waals surface area contributed by atoms with E-state index in [9.17, 15) is 8.78 Å². The molecule has 0 spiro atoms. The van der Waals surface area contributed by atoms with Crippen LogP contribution in [0.1, 0.15) is 5.56 Å². The average molecular weight is 256 g/mol. The van der Waals surface area contributed by atoms with Crippen LogP contribution in [0.3, 0.4) is 0 Å². The summed E-state index contributed by atoms with van der Waals surface area (Å²) in [5, 5.41) is 8.84. The lowest BCUT2D eigenvalue weighted by Crippen LogP contribution is -2.46. The Morgan fingerprint density at radius 3 is 2.28 bits per heavy atom. The number of hydrogen-bond acceptors (Lipinski definition) is 3. The third-order valence-electron chi connectivity index (χ3n) is 3.27. The van der Waals surface area contributed by atoms with Gasteiger partial charge in [0.15, 0.2) is 11.6 Å². The summed E-state index contributed by atoms with van der Waals surface area (Å²) in [5.41, 5.74) is 0.796. The minimum Gasteiger partial charge on any atom is -0.395 e. The number of aliphatic hydroxyl groups is 1. The fourth-order valence-electron chi connectivity index (χ4n) is 2.21. The predicted octanol–water partition coefficient (Wildman–Crippen LogP) is 1.07. The first-order valence-corrected chi connectivity index (χ1v) is 6.18. The topological polar surface area (TPSA) is 26.7 Å². The van der Waals surface area contributed by atoms with Crippen molar-refractivity contribution < 1.29 is 13.9 Å². The zero-order chi connectivity index (χ0) is 13.0. The van der Waals surface area contributed by atoms with Gasteiger partial charge in [-0.2, -0.15) is 0 Å². The van der Waals surface area contributed by atoms with Crippen molar-refractivity contribution in [2.24, 2.45) is 0 Å². The second-order valence-electron chi connectivity index (χ2n) is 4.59. The van der Waals surface area contributed by atoms with E-state index < -0.39 is 11.6 Å². The number of rotatable bonds is 4. The highest BCUT2D eigenvalue weighted by atomic mass is 19.2. The van der Waals surface area contributed by atoms with Crippen LogP contribution in [0.2, 0.25) is 0 Å². The third-order valence-corrected chi connectivity index (χ3v) is 3.27. The van der Waals surface area contributed by atoms with Gasteiger partial charge < -0.3 is 5.11 Å². The average Bonchev–Trinajstić information content (AvgIpc) is 2.37. The third kappa shape index (κ3) is 3.48. The van der Waals surface area contributed by atoms with Crippen LogP contribution in [0.5, 0.6) is 0 Å². The summed E-state index contributed by atoms with van der Waals surface area (Å²) in [4.78, 5) is 4.41. The molecule has 0 saturated carbocycles. The van der Waals surface area contributed by atoms with Gasteiger partial charge in [0.25, 0.3) is 0 Å². The molecular weight excluding hydrogens is 238 g/mol. The van der Waals surface area contributed by atoms with Crippen molar-refractivity contribution in [3.63, 3.8) is 0 Å². The first kappa shape index (κ1) is 13.4. The minimum absolute atomic E-state index is 0.184. The van der Waals surface area contributed by atoms with Crippen molar-refractivity contribution in [2.75, 3.05) is 39.3 Å². The first-order chi connectivity index (χ1) is 8.69. The highest BCUT2D eigenvalue weighted by molar-refractivity contribution is 5.17. The molecule has 0 aromatic heterocycles. The Labute approximate surface area is 106 Å². The minimum atomic E-state index is -0.800. The summed E-state index contributed by atoms with van der Waals surface area (Å²) < 4.78 is 25.9. The van der Waals surface area contributed by atoms with E-state index in [0.717, 1.165) is 31.7 Å². The molecule has 1 saturated heterocycles. The SMILES string of the molecule is OCCN1CCN(Cc2ccc(F)c(F)c2)CC1. The summed E-state index contributed by atoms with van der Waals surface area (Å²) in [6.07, 6.45) is 0. The largest absolute Gasteiger partial charge is 0.395 e. The van der Waals surface area contributed by atoms with Crippen LogP contribution in [-0.4, -0.2) is 54.2 Å². The van der Waals surface area contributed by atoms with E-state index in [-0.39, 0.29) is 6.61 Å². The molecule has 0 radical (unpaired) electrons. The molecule has 2 rings (SSSR count). The molecule has 0 unspecified atom stereocenters. The summed E-state index contributed by atoms with van der Waals surface area (Å²) in [6, 6.07) is 4.06. The van der Waals surface area contributed by atoms with Gasteiger partial charge in [0.1, 0.15) is 0 Å². The van der Waals surface area contributed by atoms with E-state index in [1.165, 1.54) is 12.1 Å². The van der Waals surface area contributed by atoms with Gasteiger partial charge in [-0.15, -0.1) is 0 Å². The van der Waals surface area contributed by atoms with Gasteiger partial charge in [-0.05, 0) is 17.7 Å². The Hall–Kier alpha value is -1.04. The maximum absolute atomic E-state index is 13.1.